The highest BCUT2D eigenvalue weighted by molar-refractivity contribution is 5.91. The molecule has 6 nitrogen and oxygen atoms in total. The molecule has 2 rings (SSSR count). The molecule has 9 heteroatoms. The normalized spacial score (nSPS) is 11.0. The number of anilines is 1. The lowest BCUT2D eigenvalue weighted by atomic mass is 10.2. The summed E-state index contributed by atoms with van der Waals surface area (Å²) < 4.78 is 48.1. The van der Waals surface area contributed by atoms with Crippen LogP contribution in [-0.4, -0.2) is 24.6 Å². The van der Waals surface area contributed by atoms with Gasteiger partial charge in [0.2, 0.25) is 0 Å². The van der Waals surface area contributed by atoms with Crippen molar-refractivity contribution in [2.75, 3.05) is 19.0 Å². The van der Waals surface area contributed by atoms with E-state index in [1.165, 1.54) is 7.11 Å². The van der Waals surface area contributed by atoms with Crippen molar-refractivity contribution >= 4 is 11.6 Å². The van der Waals surface area contributed by atoms with Crippen LogP contribution in [0.4, 0.5) is 18.9 Å². The Kier molecular flexibility index (Phi) is 5.12. The van der Waals surface area contributed by atoms with Gasteiger partial charge in [-0.3, -0.25) is 9.59 Å². The van der Waals surface area contributed by atoms with E-state index in [9.17, 15) is 22.8 Å². The maximum Gasteiger partial charge on any atom is 0.417 e. The van der Waals surface area contributed by atoms with Gasteiger partial charge in [0.05, 0.1) is 12.7 Å². The number of nitrogens with one attached hydrogen (secondary N) is 2. The van der Waals surface area contributed by atoms with Gasteiger partial charge in [-0.05, 0) is 18.2 Å². The van der Waals surface area contributed by atoms with E-state index in [0.717, 1.165) is 0 Å². The summed E-state index contributed by atoms with van der Waals surface area (Å²) in [5, 5.41) is 2.08. The van der Waals surface area contributed by atoms with E-state index in [1.807, 2.05) is 4.98 Å². The molecule has 0 radical (unpaired) electrons. The number of hydrogen-bond acceptors (Lipinski definition) is 4. The van der Waals surface area contributed by atoms with Gasteiger partial charge in [-0.2, -0.15) is 13.2 Å². The van der Waals surface area contributed by atoms with Crippen LogP contribution in [0.3, 0.4) is 0 Å². The molecule has 24 heavy (non-hydrogen) atoms. The molecule has 128 valence electrons. The largest absolute Gasteiger partial charge is 0.493 e. The van der Waals surface area contributed by atoms with Crippen LogP contribution in [-0.2, 0) is 11.0 Å². The van der Waals surface area contributed by atoms with Crippen molar-refractivity contribution in [1.29, 1.82) is 0 Å². The van der Waals surface area contributed by atoms with Crippen molar-refractivity contribution in [2.24, 2.45) is 0 Å². The van der Waals surface area contributed by atoms with Gasteiger partial charge in [0.1, 0.15) is 5.69 Å². The summed E-state index contributed by atoms with van der Waals surface area (Å²) in [6.45, 7) is -0.504. The fourth-order valence-corrected chi connectivity index (χ4v) is 1.81. The zero-order valence-corrected chi connectivity index (χ0v) is 12.4. The van der Waals surface area contributed by atoms with Crippen LogP contribution < -0.4 is 20.3 Å². The SMILES string of the molecule is COc1ccccc1OCC(=O)Nc1cc(C(F)(F)F)c[nH]c1=O. The number of para-hydroxylation sites is 2. The Morgan fingerprint density at radius 2 is 1.92 bits per heavy atom. The number of aromatic nitrogens is 1. The Morgan fingerprint density at radius 3 is 2.54 bits per heavy atom. The summed E-state index contributed by atoms with van der Waals surface area (Å²) in [5.74, 6) is -0.110. The number of methoxy groups -OCH3 is 1. The first kappa shape index (κ1) is 17.4. The molecular formula is C15H13F3N2O4. The number of hydrogen-bond donors (Lipinski definition) is 2. The first-order valence-electron chi connectivity index (χ1n) is 6.67. The van der Waals surface area contributed by atoms with E-state index >= 15 is 0 Å². The Labute approximate surface area is 134 Å². The van der Waals surface area contributed by atoms with Crippen LogP contribution in [0.2, 0.25) is 0 Å². The smallest absolute Gasteiger partial charge is 0.417 e. The van der Waals surface area contributed by atoms with Gasteiger partial charge in [0.25, 0.3) is 11.5 Å². The lowest BCUT2D eigenvalue weighted by molar-refractivity contribution is -0.137. The number of carbonyl (C=O) groups excluding carboxylic acids is 1. The number of rotatable bonds is 5. The number of ether oxygens (including phenoxy) is 2. The van der Waals surface area contributed by atoms with E-state index < -0.39 is 35.5 Å². The van der Waals surface area contributed by atoms with E-state index in [4.69, 9.17) is 9.47 Å². The van der Waals surface area contributed by atoms with Gasteiger partial charge < -0.3 is 19.8 Å². The maximum atomic E-state index is 12.6. The summed E-state index contributed by atoms with van der Waals surface area (Å²) in [4.78, 5) is 25.2. The highest BCUT2D eigenvalue weighted by atomic mass is 19.4. The second-order valence-electron chi connectivity index (χ2n) is 4.62. The molecule has 1 amide bonds. The molecule has 0 bridgehead atoms. The summed E-state index contributed by atoms with van der Waals surface area (Å²) in [6, 6.07) is 7.09. The van der Waals surface area contributed by atoms with Crippen LogP contribution in [0.25, 0.3) is 0 Å². The van der Waals surface area contributed by atoms with Crippen molar-refractivity contribution in [3.8, 4) is 11.5 Å². The molecule has 0 saturated carbocycles. The number of halogens is 3. The molecule has 0 saturated heterocycles. The molecule has 0 aliphatic carbocycles. The minimum Gasteiger partial charge on any atom is -0.493 e. The fraction of sp³-hybridized carbons (Fsp3) is 0.200. The number of aromatic amines is 1. The Morgan fingerprint density at radius 1 is 1.25 bits per heavy atom. The third kappa shape index (κ3) is 4.28. The molecule has 1 aromatic carbocycles. The topological polar surface area (TPSA) is 80.4 Å². The quantitative estimate of drug-likeness (QED) is 0.874. The highest BCUT2D eigenvalue weighted by Gasteiger charge is 2.31. The Hall–Kier alpha value is -2.97. The molecule has 1 heterocycles. The summed E-state index contributed by atoms with van der Waals surface area (Å²) in [5.41, 5.74) is -2.45. The summed E-state index contributed by atoms with van der Waals surface area (Å²) in [6.07, 6.45) is -4.11. The van der Waals surface area contributed by atoms with Gasteiger partial charge in [-0.15, -0.1) is 0 Å². The van der Waals surface area contributed by atoms with Crippen LogP contribution in [0.15, 0.2) is 41.3 Å². The number of benzene rings is 1. The summed E-state index contributed by atoms with van der Waals surface area (Å²) in [7, 11) is 1.42. The standard InChI is InChI=1S/C15H13F3N2O4/c1-23-11-4-2-3-5-12(11)24-8-13(21)20-10-6-9(15(16,17)18)7-19-14(10)22/h2-7H,8H2,1H3,(H,19,22)(H,20,21). The minimum absolute atomic E-state index is 0.285. The minimum atomic E-state index is -4.64. The molecule has 0 aliphatic heterocycles. The van der Waals surface area contributed by atoms with Crippen molar-refractivity contribution in [2.45, 2.75) is 6.18 Å². The first-order chi connectivity index (χ1) is 11.3. The third-order valence-corrected chi connectivity index (χ3v) is 2.93. The van der Waals surface area contributed by atoms with E-state index in [2.05, 4.69) is 5.32 Å². The van der Waals surface area contributed by atoms with Crippen LogP contribution in [0, 0.1) is 0 Å². The average molecular weight is 342 g/mol. The predicted octanol–water partition coefficient (Wildman–Crippen LogP) is 2.42. The Bertz CT molecular complexity index is 787. The second kappa shape index (κ2) is 7.07. The van der Waals surface area contributed by atoms with Gasteiger partial charge in [-0.25, -0.2) is 0 Å². The highest BCUT2D eigenvalue weighted by Crippen LogP contribution is 2.29. The van der Waals surface area contributed by atoms with E-state index in [0.29, 0.717) is 18.0 Å². The van der Waals surface area contributed by atoms with Crippen LogP contribution in [0.5, 0.6) is 11.5 Å². The number of carbonyl (C=O) groups is 1. The number of pyridine rings is 1. The second-order valence-corrected chi connectivity index (χ2v) is 4.62. The Balaban J connectivity index is 2.06. The van der Waals surface area contributed by atoms with Crippen molar-refractivity contribution < 1.29 is 27.4 Å². The molecule has 0 fully saturated rings. The molecule has 0 spiro atoms. The van der Waals surface area contributed by atoms with Crippen molar-refractivity contribution in [3.63, 3.8) is 0 Å². The number of amides is 1. The molecule has 0 aliphatic rings. The average Bonchev–Trinajstić information content (AvgIpc) is 2.54. The fourth-order valence-electron chi connectivity index (χ4n) is 1.81. The van der Waals surface area contributed by atoms with Gasteiger partial charge in [0.15, 0.2) is 18.1 Å². The predicted molar refractivity (Wildman–Crippen MR) is 79.2 cm³/mol. The lowest BCUT2D eigenvalue weighted by Crippen LogP contribution is -2.25. The van der Waals surface area contributed by atoms with Crippen molar-refractivity contribution in [3.05, 3.63) is 52.4 Å². The molecular weight excluding hydrogens is 329 g/mol. The van der Waals surface area contributed by atoms with E-state index in [1.54, 1.807) is 24.3 Å². The first-order valence-corrected chi connectivity index (χ1v) is 6.67. The van der Waals surface area contributed by atoms with Gasteiger partial charge in [0, 0.05) is 6.20 Å². The lowest BCUT2D eigenvalue weighted by Gasteiger charge is -2.11. The third-order valence-electron chi connectivity index (χ3n) is 2.93. The molecule has 2 aromatic rings. The molecule has 2 N–H and O–H groups in total. The van der Waals surface area contributed by atoms with Crippen LogP contribution in [0.1, 0.15) is 5.56 Å². The van der Waals surface area contributed by atoms with E-state index in [-0.39, 0.29) is 5.75 Å². The van der Waals surface area contributed by atoms with Crippen molar-refractivity contribution in [1.82, 2.24) is 4.98 Å². The molecule has 0 atom stereocenters. The zero-order valence-electron chi connectivity index (χ0n) is 12.4. The monoisotopic (exact) mass is 342 g/mol. The number of alkyl halides is 3. The zero-order chi connectivity index (χ0) is 17.7. The van der Waals surface area contributed by atoms with Gasteiger partial charge >= 0.3 is 6.18 Å². The maximum absolute atomic E-state index is 12.6. The summed E-state index contributed by atoms with van der Waals surface area (Å²) >= 11 is 0. The number of H-pyrrole nitrogens is 1. The molecule has 0 unspecified atom stereocenters. The van der Waals surface area contributed by atoms with Crippen LogP contribution >= 0.6 is 0 Å². The van der Waals surface area contributed by atoms with Gasteiger partial charge in [-0.1, -0.05) is 12.1 Å². The molecule has 1 aromatic heterocycles.